The van der Waals surface area contributed by atoms with Crippen LogP contribution >= 0.6 is 0 Å². The predicted octanol–water partition coefficient (Wildman–Crippen LogP) is 3.33. The Bertz CT molecular complexity index is 1530. The number of pyridine rings is 1. The Morgan fingerprint density at radius 1 is 0.921 bits per heavy atom. The van der Waals surface area contributed by atoms with Crippen LogP contribution in [-0.4, -0.2) is 44.7 Å². The molecule has 0 saturated heterocycles. The molecule has 4 rings (SSSR count). The van der Waals surface area contributed by atoms with Crippen molar-refractivity contribution in [2.75, 3.05) is 14.2 Å². The zero-order valence-corrected chi connectivity index (χ0v) is 21.5. The van der Waals surface area contributed by atoms with E-state index >= 15 is 0 Å². The number of aromatic hydroxyl groups is 2. The summed E-state index contributed by atoms with van der Waals surface area (Å²) >= 11 is 0. The molecule has 0 aliphatic rings. The number of hydrogen-bond donors (Lipinski definition) is 2. The predicted molar refractivity (Wildman–Crippen MR) is 141 cm³/mol. The average molecular weight is 520 g/mol. The van der Waals surface area contributed by atoms with Gasteiger partial charge in [0.1, 0.15) is 35.4 Å². The van der Waals surface area contributed by atoms with Crippen LogP contribution in [0.1, 0.15) is 30.8 Å². The molecule has 2 aromatic heterocycles. The van der Waals surface area contributed by atoms with Gasteiger partial charge in [0.05, 0.1) is 32.1 Å². The molecular weight excluding hydrogens is 490 g/mol. The summed E-state index contributed by atoms with van der Waals surface area (Å²) in [7, 11) is 2.98. The van der Waals surface area contributed by atoms with Gasteiger partial charge in [0.15, 0.2) is 0 Å². The first-order chi connectivity index (χ1) is 18.2. The van der Waals surface area contributed by atoms with Crippen LogP contribution in [0.2, 0.25) is 0 Å². The average Bonchev–Trinajstić information content (AvgIpc) is 2.91. The summed E-state index contributed by atoms with van der Waals surface area (Å²) < 4.78 is 19.4. The third-order valence-electron chi connectivity index (χ3n) is 5.89. The van der Waals surface area contributed by atoms with Gasteiger partial charge in [-0.25, -0.2) is 0 Å². The molecule has 4 aromatic rings. The van der Waals surface area contributed by atoms with Crippen LogP contribution in [0, 0.1) is 0 Å². The van der Waals surface area contributed by atoms with Gasteiger partial charge in [-0.1, -0.05) is 18.2 Å². The van der Waals surface area contributed by atoms with Gasteiger partial charge >= 0.3 is 0 Å². The topological polar surface area (TPSA) is 125 Å². The van der Waals surface area contributed by atoms with Gasteiger partial charge in [-0.3, -0.25) is 18.7 Å². The van der Waals surface area contributed by atoms with Crippen LogP contribution in [0.5, 0.6) is 23.1 Å². The fourth-order valence-electron chi connectivity index (χ4n) is 4.02. The van der Waals surface area contributed by atoms with Crippen molar-refractivity contribution in [1.29, 1.82) is 0 Å². The first kappa shape index (κ1) is 26.5. The van der Waals surface area contributed by atoms with Crippen molar-refractivity contribution in [2.45, 2.75) is 33.0 Å². The number of nitrogens with zero attached hydrogens (tertiary/aromatic N) is 3. The molecule has 10 heteroatoms. The molecule has 0 atom stereocenters. The van der Waals surface area contributed by atoms with Crippen LogP contribution in [0.15, 0.2) is 70.4 Å². The van der Waals surface area contributed by atoms with Crippen molar-refractivity contribution in [2.24, 2.45) is 0 Å². The van der Waals surface area contributed by atoms with Gasteiger partial charge in [0.25, 0.3) is 11.1 Å². The highest BCUT2D eigenvalue weighted by molar-refractivity contribution is 5.58. The Kier molecular flexibility index (Phi) is 7.82. The smallest absolute Gasteiger partial charge is 0.265 e. The Labute approximate surface area is 218 Å². The van der Waals surface area contributed by atoms with E-state index in [9.17, 15) is 19.8 Å². The maximum Gasteiger partial charge on any atom is 0.265 e. The normalized spacial score (nSPS) is 11.1. The van der Waals surface area contributed by atoms with Crippen molar-refractivity contribution in [1.82, 2.24) is 14.1 Å². The lowest BCUT2D eigenvalue weighted by Gasteiger charge is -2.20. The maximum absolute atomic E-state index is 13.9. The summed E-state index contributed by atoms with van der Waals surface area (Å²) in [5.41, 5.74) is 0.835. The molecule has 2 heterocycles. The summed E-state index contributed by atoms with van der Waals surface area (Å²) in [5.74, 6) is 0.508. The first-order valence-corrected chi connectivity index (χ1v) is 11.9. The lowest BCUT2D eigenvalue weighted by Crippen LogP contribution is -2.28. The summed E-state index contributed by atoms with van der Waals surface area (Å²) in [6, 6.07) is 14.6. The van der Waals surface area contributed by atoms with Crippen LogP contribution in [0.25, 0.3) is 11.4 Å². The van der Waals surface area contributed by atoms with E-state index in [4.69, 9.17) is 14.2 Å². The molecule has 0 amide bonds. The van der Waals surface area contributed by atoms with E-state index in [1.807, 2.05) is 13.8 Å². The second-order valence-corrected chi connectivity index (χ2v) is 8.78. The van der Waals surface area contributed by atoms with Crippen LogP contribution in [-0.2, 0) is 17.8 Å². The SMILES string of the molecule is COc1cccc(OC)c1-n1c(COC(C)C)nc(O)c(Cc2ccc(-n3cc(O)ccc3=O)cc2)c1=O. The Balaban J connectivity index is 1.81. The quantitative estimate of drug-likeness (QED) is 0.345. The molecule has 0 aliphatic carbocycles. The lowest BCUT2D eigenvalue weighted by molar-refractivity contribution is 0.0594. The Hall–Kier alpha value is -4.57. The van der Waals surface area contributed by atoms with Crippen molar-refractivity contribution < 1.29 is 24.4 Å². The second kappa shape index (κ2) is 11.2. The molecule has 2 aromatic carbocycles. The number of benzene rings is 2. The van der Waals surface area contributed by atoms with Crippen molar-refractivity contribution >= 4 is 0 Å². The molecule has 38 heavy (non-hydrogen) atoms. The van der Waals surface area contributed by atoms with Gasteiger partial charge < -0.3 is 24.4 Å². The minimum atomic E-state index is -0.504. The van der Waals surface area contributed by atoms with E-state index < -0.39 is 11.4 Å². The van der Waals surface area contributed by atoms with E-state index in [1.54, 1.807) is 42.5 Å². The maximum atomic E-state index is 13.9. The van der Waals surface area contributed by atoms with E-state index in [2.05, 4.69) is 4.98 Å². The van der Waals surface area contributed by atoms with Gasteiger partial charge in [-0.05, 0) is 49.7 Å². The van der Waals surface area contributed by atoms with Crippen LogP contribution < -0.4 is 20.6 Å². The largest absolute Gasteiger partial charge is 0.506 e. The van der Waals surface area contributed by atoms with E-state index in [1.165, 1.54) is 41.7 Å². The summed E-state index contributed by atoms with van der Waals surface area (Å²) in [6.45, 7) is 3.68. The fourth-order valence-corrected chi connectivity index (χ4v) is 4.02. The number of para-hydroxylation sites is 1. The standard InChI is InChI=1S/C28H29N3O7/c1-17(2)38-16-24-29-27(34)21(28(35)31(24)26-22(36-3)6-5-7-23(26)37-4)14-18-8-10-19(11-9-18)30-15-20(32)12-13-25(30)33/h5-13,15,17,32,34H,14,16H2,1-4H3. The van der Waals surface area contributed by atoms with Crippen LogP contribution in [0.3, 0.4) is 0 Å². The molecule has 10 nitrogen and oxygen atoms in total. The number of aromatic nitrogens is 3. The number of hydrogen-bond acceptors (Lipinski definition) is 8. The van der Waals surface area contributed by atoms with Crippen molar-refractivity contribution in [3.63, 3.8) is 0 Å². The molecule has 0 unspecified atom stereocenters. The van der Waals surface area contributed by atoms with Crippen molar-refractivity contribution in [3.8, 4) is 34.5 Å². The Morgan fingerprint density at radius 2 is 1.58 bits per heavy atom. The summed E-state index contributed by atoms with van der Waals surface area (Å²) in [6.07, 6.45) is 1.25. The fraction of sp³-hybridized carbons (Fsp3) is 0.250. The number of ether oxygens (including phenoxy) is 3. The van der Waals surface area contributed by atoms with Crippen molar-refractivity contribution in [3.05, 3.63) is 98.5 Å². The van der Waals surface area contributed by atoms with Crippen LogP contribution in [0.4, 0.5) is 0 Å². The van der Waals surface area contributed by atoms with E-state index in [0.717, 1.165) is 0 Å². The molecule has 198 valence electrons. The molecular formula is C28H29N3O7. The molecule has 2 N–H and O–H groups in total. The van der Waals surface area contributed by atoms with Gasteiger partial charge in [-0.15, -0.1) is 0 Å². The lowest BCUT2D eigenvalue weighted by atomic mass is 10.1. The highest BCUT2D eigenvalue weighted by Gasteiger charge is 2.23. The molecule has 0 radical (unpaired) electrons. The molecule has 0 saturated carbocycles. The van der Waals surface area contributed by atoms with E-state index in [0.29, 0.717) is 28.4 Å². The molecule has 0 bridgehead atoms. The third-order valence-corrected chi connectivity index (χ3v) is 5.89. The first-order valence-electron chi connectivity index (χ1n) is 11.9. The minimum Gasteiger partial charge on any atom is -0.506 e. The van der Waals surface area contributed by atoms with Gasteiger partial charge in [0, 0.05) is 18.2 Å². The Morgan fingerprint density at radius 3 is 2.18 bits per heavy atom. The molecule has 0 aliphatic heterocycles. The van der Waals surface area contributed by atoms with Gasteiger partial charge in [-0.2, -0.15) is 4.98 Å². The summed E-state index contributed by atoms with van der Waals surface area (Å²) in [5, 5.41) is 20.5. The number of rotatable bonds is 9. The second-order valence-electron chi connectivity index (χ2n) is 8.78. The summed E-state index contributed by atoms with van der Waals surface area (Å²) in [4.78, 5) is 30.4. The highest BCUT2D eigenvalue weighted by Crippen LogP contribution is 2.33. The number of methoxy groups -OCH3 is 2. The van der Waals surface area contributed by atoms with E-state index in [-0.39, 0.29) is 41.8 Å². The molecule has 0 spiro atoms. The highest BCUT2D eigenvalue weighted by atomic mass is 16.5. The zero-order valence-electron chi connectivity index (χ0n) is 21.5. The monoisotopic (exact) mass is 519 g/mol. The minimum absolute atomic E-state index is 0.0324. The van der Waals surface area contributed by atoms with Gasteiger partial charge in [0.2, 0.25) is 5.88 Å². The third kappa shape index (κ3) is 5.40. The molecule has 0 fully saturated rings. The zero-order chi connectivity index (χ0) is 27.4.